The topological polar surface area (TPSA) is 6.48 Å². The van der Waals surface area contributed by atoms with Gasteiger partial charge in [-0.3, -0.25) is 0 Å². The molecular formula is C7H17BN2Sn. The average molecular weight is 259 g/mol. The molecule has 2 nitrogen and oxygen atoms in total. The first-order chi connectivity index (χ1) is 5.02. The molecule has 1 aliphatic rings. The maximum atomic E-state index is 2.36. The third-order valence-electron chi connectivity index (χ3n) is 0.901. The number of hydrogen-bond acceptors (Lipinski definition) is 2. The molecule has 0 aromatic carbocycles. The van der Waals surface area contributed by atoms with Crippen molar-refractivity contribution >= 4 is 27.3 Å². The van der Waals surface area contributed by atoms with Crippen molar-refractivity contribution in [2.24, 2.45) is 0 Å². The summed E-state index contributed by atoms with van der Waals surface area (Å²) in [6.07, 6.45) is 4.00. The Balaban J connectivity index is 0.000000218. The van der Waals surface area contributed by atoms with E-state index in [1.165, 1.54) is 0 Å². The summed E-state index contributed by atoms with van der Waals surface area (Å²) in [6, 6.07) is 0. The van der Waals surface area contributed by atoms with Crippen LogP contribution in [0.5, 0.6) is 0 Å². The van der Waals surface area contributed by atoms with Gasteiger partial charge in [-0.1, -0.05) is 0 Å². The van der Waals surface area contributed by atoms with Crippen LogP contribution in [-0.4, -0.2) is 51.0 Å². The van der Waals surface area contributed by atoms with Crippen LogP contribution in [0.1, 0.15) is 0 Å². The van der Waals surface area contributed by atoms with Gasteiger partial charge in [0.05, 0.1) is 0 Å². The van der Waals surface area contributed by atoms with Crippen LogP contribution >= 0.6 is 0 Å². The fraction of sp³-hybridized carbons (Fsp3) is 0.714. The van der Waals surface area contributed by atoms with Crippen LogP contribution in [0.2, 0.25) is 14.8 Å². The van der Waals surface area contributed by atoms with Gasteiger partial charge in [0, 0.05) is 12.4 Å². The number of hydrogen-bond donors (Lipinski definition) is 0. The summed E-state index contributed by atoms with van der Waals surface area (Å²) in [5.41, 5.74) is 0. The molecule has 0 atom stereocenters. The van der Waals surface area contributed by atoms with Crippen molar-refractivity contribution in [1.29, 1.82) is 0 Å². The van der Waals surface area contributed by atoms with Gasteiger partial charge in [-0.05, 0) is 14.1 Å². The first-order valence-electron chi connectivity index (χ1n) is 3.76. The minimum atomic E-state index is -0.543. The first kappa shape index (κ1) is 11.2. The summed E-state index contributed by atoms with van der Waals surface area (Å²) in [7, 11) is 6.00. The van der Waals surface area contributed by atoms with E-state index in [4.69, 9.17) is 0 Å². The Morgan fingerprint density at radius 3 is 1.36 bits per heavy atom. The Labute approximate surface area is 78.3 Å². The van der Waals surface area contributed by atoms with E-state index in [2.05, 4.69) is 14.8 Å². The molecule has 2 radical (unpaired) electrons. The van der Waals surface area contributed by atoms with Crippen molar-refractivity contribution in [1.82, 2.24) is 9.62 Å². The van der Waals surface area contributed by atoms with Crippen molar-refractivity contribution in [2.45, 2.75) is 14.8 Å². The predicted molar refractivity (Wildman–Crippen MR) is 53.8 cm³/mol. The molecule has 0 aromatic heterocycles. The monoisotopic (exact) mass is 260 g/mol. The zero-order chi connectivity index (χ0) is 8.85. The Hall–Kier alpha value is 0.204. The molecule has 1 aliphatic heterocycles. The SMILES string of the molecule is CN1[B]N(C)C=C1.[CH3][Sn]([CH3])[CH3]. The molecule has 0 unspecified atom stereocenters. The van der Waals surface area contributed by atoms with Gasteiger partial charge in [-0.15, -0.1) is 0 Å². The van der Waals surface area contributed by atoms with Crippen LogP contribution in [0.25, 0.3) is 0 Å². The molecule has 62 valence electrons. The summed E-state index contributed by atoms with van der Waals surface area (Å²) in [6.45, 7) is 0. The minimum absolute atomic E-state index is 0.543. The van der Waals surface area contributed by atoms with E-state index in [0.29, 0.717) is 0 Å². The van der Waals surface area contributed by atoms with Crippen LogP contribution in [-0.2, 0) is 0 Å². The molecule has 0 saturated heterocycles. The number of nitrogens with zero attached hydrogens (tertiary/aromatic N) is 2. The fourth-order valence-electron chi connectivity index (χ4n) is 0.575. The van der Waals surface area contributed by atoms with Gasteiger partial charge in [0.2, 0.25) is 0 Å². The molecule has 0 N–H and O–H groups in total. The van der Waals surface area contributed by atoms with Crippen molar-refractivity contribution in [3.05, 3.63) is 12.4 Å². The third kappa shape index (κ3) is 8.11. The quantitative estimate of drug-likeness (QED) is 0.604. The second kappa shape index (κ2) is 5.80. The van der Waals surface area contributed by atoms with E-state index in [1.807, 2.05) is 43.7 Å². The Bertz CT molecular complexity index is 115. The molecule has 0 amide bonds. The molecule has 0 aliphatic carbocycles. The zero-order valence-corrected chi connectivity index (χ0v) is 11.0. The van der Waals surface area contributed by atoms with Crippen LogP contribution < -0.4 is 0 Å². The summed E-state index contributed by atoms with van der Waals surface area (Å²) in [5, 5.41) is 0. The molecule has 0 bridgehead atoms. The molecule has 1 rings (SSSR count). The predicted octanol–water partition coefficient (Wildman–Crippen LogP) is 1.24. The number of rotatable bonds is 0. The summed E-state index contributed by atoms with van der Waals surface area (Å²) in [4.78, 5) is 11.1. The molecule has 4 heteroatoms. The van der Waals surface area contributed by atoms with Gasteiger partial charge in [-0.2, -0.15) is 0 Å². The van der Waals surface area contributed by atoms with Crippen LogP contribution in [0.15, 0.2) is 12.4 Å². The Kier molecular flexibility index (Phi) is 5.91. The fourth-order valence-corrected chi connectivity index (χ4v) is 0.575. The standard InChI is InChI=1S/C4H8BN2.3CH3.Sn/c1-6-3-4-7(2)5-6;;;;/h3-4H,1-2H3;3*1H3;. The van der Waals surface area contributed by atoms with Crippen LogP contribution in [0.3, 0.4) is 0 Å². The summed E-state index contributed by atoms with van der Waals surface area (Å²) >= 11 is -0.543. The van der Waals surface area contributed by atoms with Crippen LogP contribution in [0.4, 0.5) is 0 Å². The van der Waals surface area contributed by atoms with E-state index in [-0.39, 0.29) is 0 Å². The molecule has 0 fully saturated rings. The molecule has 0 saturated carbocycles. The van der Waals surface area contributed by atoms with Crippen molar-refractivity contribution in [3.8, 4) is 0 Å². The van der Waals surface area contributed by atoms with Crippen molar-refractivity contribution in [2.75, 3.05) is 14.1 Å². The zero-order valence-electron chi connectivity index (χ0n) is 8.13. The molecular weight excluding hydrogens is 242 g/mol. The average Bonchev–Trinajstić information content (AvgIpc) is 2.13. The molecule has 1 heterocycles. The summed E-state index contributed by atoms with van der Waals surface area (Å²) < 4.78 is 0. The Morgan fingerprint density at radius 1 is 1.00 bits per heavy atom. The van der Waals surface area contributed by atoms with E-state index >= 15 is 0 Å². The van der Waals surface area contributed by atoms with Gasteiger partial charge in [0.25, 0.3) is 0 Å². The van der Waals surface area contributed by atoms with Gasteiger partial charge in [-0.25, -0.2) is 0 Å². The maximum absolute atomic E-state index is 2.36. The molecule has 11 heavy (non-hydrogen) atoms. The van der Waals surface area contributed by atoms with Crippen molar-refractivity contribution < 1.29 is 0 Å². The second-order valence-electron chi connectivity index (χ2n) is 3.24. The molecule has 0 aromatic rings. The van der Waals surface area contributed by atoms with E-state index in [1.54, 1.807) is 0 Å². The van der Waals surface area contributed by atoms with Gasteiger partial charge in [0.1, 0.15) is 0 Å². The normalized spacial score (nSPS) is 14.7. The van der Waals surface area contributed by atoms with Crippen LogP contribution in [0, 0.1) is 0 Å². The Morgan fingerprint density at radius 2 is 1.27 bits per heavy atom. The van der Waals surface area contributed by atoms with Gasteiger partial charge in [0.15, 0.2) is 0 Å². The summed E-state index contributed by atoms with van der Waals surface area (Å²) in [5.74, 6) is 0. The van der Waals surface area contributed by atoms with Gasteiger partial charge < -0.3 is 9.62 Å². The van der Waals surface area contributed by atoms with E-state index in [0.717, 1.165) is 0 Å². The van der Waals surface area contributed by atoms with E-state index < -0.39 is 19.8 Å². The van der Waals surface area contributed by atoms with E-state index in [9.17, 15) is 0 Å². The first-order valence-corrected chi connectivity index (χ1v) is 12.3. The second-order valence-corrected chi connectivity index (χ2v) is 11.8. The third-order valence-corrected chi connectivity index (χ3v) is 0.901. The van der Waals surface area contributed by atoms with Gasteiger partial charge >= 0.3 is 42.1 Å². The molecule has 0 spiro atoms. The van der Waals surface area contributed by atoms with Crippen molar-refractivity contribution in [3.63, 3.8) is 0 Å².